The molecule has 76 valence electrons. The van der Waals surface area contributed by atoms with Gasteiger partial charge in [0.1, 0.15) is 5.82 Å². The Hall–Kier alpha value is -0.370. The molecule has 2 rings (SSSR count). The molecule has 0 aliphatic heterocycles. The van der Waals surface area contributed by atoms with Gasteiger partial charge in [0, 0.05) is 0 Å². The highest BCUT2D eigenvalue weighted by Gasteiger charge is 2.18. The third kappa shape index (κ3) is 2.00. The topological polar surface area (TPSA) is 0 Å². The second kappa shape index (κ2) is 4.43. The lowest BCUT2D eigenvalue weighted by atomic mass is 9.84. The van der Waals surface area contributed by atoms with Gasteiger partial charge >= 0.3 is 0 Å². The van der Waals surface area contributed by atoms with Gasteiger partial charge in [-0.1, -0.05) is 31.4 Å². The van der Waals surface area contributed by atoms with E-state index in [0.29, 0.717) is 10.4 Å². The van der Waals surface area contributed by atoms with Gasteiger partial charge in [0.2, 0.25) is 0 Å². The molecule has 1 aromatic carbocycles. The molecule has 1 saturated carbocycles. The van der Waals surface area contributed by atoms with E-state index in [4.69, 9.17) is 0 Å². The van der Waals surface area contributed by atoms with E-state index < -0.39 is 0 Å². The standard InChI is InChI=1S/C12H14BrF/c13-12-10(7-4-8-11(12)14)9-5-2-1-3-6-9/h4,7-9H,1-3,5-6H2. The van der Waals surface area contributed by atoms with Crippen LogP contribution in [0, 0.1) is 5.82 Å². The normalized spacial score (nSPS) is 18.4. The quantitative estimate of drug-likeness (QED) is 0.687. The van der Waals surface area contributed by atoms with E-state index in [9.17, 15) is 4.39 Å². The van der Waals surface area contributed by atoms with E-state index in [1.54, 1.807) is 0 Å². The Labute approximate surface area is 92.6 Å². The van der Waals surface area contributed by atoms with Gasteiger partial charge in [-0.25, -0.2) is 4.39 Å². The molecule has 0 radical (unpaired) electrons. The fraction of sp³-hybridized carbons (Fsp3) is 0.500. The summed E-state index contributed by atoms with van der Waals surface area (Å²) in [6.07, 6.45) is 6.33. The smallest absolute Gasteiger partial charge is 0.137 e. The summed E-state index contributed by atoms with van der Waals surface area (Å²) in [6, 6.07) is 5.36. The van der Waals surface area contributed by atoms with Crippen molar-refractivity contribution in [3.8, 4) is 0 Å². The molecule has 0 N–H and O–H groups in total. The number of halogens is 2. The van der Waals surface area contributed by atoms with Crippen LogP contribution in [0.15, 0.2) is 22.7 Å². The lowest BCUT2D eigenvalue weighted by Gasteiger charge is -2.23. The van der Waals surface area contributed by atoms with Gasteiger partial charge in [0.15, 0.2) is 0 Å². The summed E-state index contributed by atoms with van der Waals surface area (Å²) in [5.41, 5.74) is 1.16. The molecule has 0 aromatic heterocycles. The number of hydrogen-bond acceptors (Lipinski definition) is 0. The fourth-order valence-electron chi connectivity index (χ4n) is 2.25. The van der Waals surface area contributed by atoms with Crippen molar-refractivity contribution in [2.45, 2.75) is 38.0 Å². The monoisotopic (exact) mass is 256 g/mol. The molecule has 0 heterocycles. The highest BCUT2D eigenvalue weighted by Crippen LogP contribution is 2.36. The Kier molecular flexibility index (Phi) is 3.22. The van der Waals surface area contributed by atoms with Crippen LogP contribution in [0.2, 0.25) is 0 Å². The highest BCUT2D eigenvalue weighted by molar-refractivity contribution is 9.10. The van der Waals surface area contributed by atoms with Gasteiger partial charge < -0.3 is 0 Å². The van der Waals surface area contributed by atoms with E-state index in [1.165, 1.54) is 38.2 Å². The van der Waals surface area contributed by atoms with E-state index in [0.717, 1.165) is 5.56 Å². The summed E-state index contributed by atoms with van der Waals surface area (Å²) in [6.45, 7) is 0. The van der Waals surface area contributed by atoms with Crippen LogP contribution < -0.4 is 0 Å². The average Bonchev–Trinajstić information content (AvgIpc) is 2.23. The van der Waals surface area contributed by atoms with Crippen molar-refractivity contribution in [2.24, 2.45) is 0 Å². The molecule has 0 saturated heterocycles. The molecule has 14 heavy (non-hydrogen) atoms. The Morgan fingerprint density at radius 3 is 2.57 bits per heavy atom. The molecule has 0 spiro atoms. The Bertz CT molecular complexity index is 316. The molecule has 1 fully saturated rings. The summed E-state index contributed by atoms with van der Waals surface area (Å²) >= 11 is 3.34. The van der Waals surface area contributed by atoms with Crippen LogP contribution in [0.4, 0.5) is 4.39 Å². The minimum Gasteiger partial charge on any atom is -0.206 e. The van der Waals surface area contributed by atoms with Crippen LogP contribution in [0.3, 0.4) is 0 Å². The summed E-state index contributed by atoms with van der Waals surface area (Å²) in [7, 11) is 0. The maximum absolute atomic E-state index is 13.3. The van der Waals surface area contributed by atoms with Crippen molar-refractivity contribution in [2.75, 3.05) is 0 Å². The predicted octanol–water partition coefficient (Wildman–Crippen LogP) is 4.64. The first-order valence-corrected chi connectivity index (χ1v) is 6.02. The molecule has 0 nitrogen and oxygen atoms in total. The van der Waals surface area contributed by atoms with Crippen molar-refractivity contribution in [3.05, 3.63) is 34.1 Å². The van der Waals surface area contributed by atoms with Crippen LogP contribution in [-0.2, 0) is 0 Å². The second-order valence-corrected chi connectivity index (χ2v) is 4.77. The van der Waals surface area contributed by atoms with Crippen molar-refractivity contribution in [1.29, 1.82) is 0 Å². The Morgan fingerprint density at radius 2 is 1.86 bits per heavy atom. The Morgan fingerprint density at radius 1 is 1.14 bits per heavy atom. The predicted molar refractivity (Wildman–Crippen MR) is 59.9 cm³/mol. The molecular formula is C12H14BrF. The molecule has 1 aliphatic carbocycles. The van der Waals surface area contributed by atoms with Gasteiger partial charge in [-0.3, -0.25) is 0 Å². The second-order valence-electron chi connectivity index (χ2n) is 3.98. The van der Waals surface area contributed by atoms with Gasteiger partial charge in [0.05, 0.1) is 4.47 Å². The van der Waals surface area contributed by atoms with Gasteiger partial charge in [-0.2, -0.15) is 0 Å². The lowest BCUT2D eigenvalue weighted by molar-refractivity contribution is 0.440. The first-order chi connectivity index (χ1) is 6.79. The maximum Gasteiger partial charge on any atom is 0.137 e. The number of hydrogen-bond donors (Lipinski definition) is 0. The maximum atomic E-state index is 13.3. The zero-order chi connectivity index (χ0) is 9.97. The summed E-state index contributed by atoms with van der Waals surface area (Å²) in [5.74, 6) is 0.432. The van der Waals surface area contributed by atoms with E-state index in [-0.39, 0.29) is 5.82 Å². The van der Waals surface area contributed by atoms with Gasteiger partial charge in [0.25, 0.3) is 0 Å². The molecule has 2 heteroatoms. The first kappa shape index (κ1) is 10.2. The summed E-state index contributed by atoms with van der Waals surface area (Å²) < 4.78 is 14.0. The molecule has 1 aromatic rings. The van der Waals surface area contributed by atoms with E-state index in [1.807, 2.05) is 12.1 Å². The van der Waals surface area contributed by atoms with Crippen molar-refractivity contribution < 1.29 is 4.39 Å². The van der Waals surface area contributed by atoms with Crippen molar-refractivity contribution in [1.82, 2.24) is 0 Å². The number of benzene rings is 1. The summed E-state index contributed by atoms with van der Waals surface area (Å²) in [4.78, 5) is 0. The highest BCUT2D eigenvalue weighted by atomic mass is 79.9. The van der Waals surface area contributed by atoms with Crippen LogP contribution >= 0.6 is 15.9 Å². The molecule has 0 amide bonds. The van der Waals surface area contributed by atoms with Crippen molar-refractivity contribution >= 4 is 15.9 Å². The van der Waals surface area contributed by atoms with Crippen LogP contribution in [0.5, 0.6) is 0 Å². The Balaban J connectivity index is 2.26. The molecule has 0 unspecified atom stereocenters. The zero-order valence-electron chi connectivity index (χ0n) is 8.10. The summed E-state index contributed by atoms with van der Waals surface area (Å²) in [5, 5.41) is 0. The third-order valence-electron chi connectivity index (χ3n) is 3.03. The third-order valence-corrected chi connectivity index (χ3v) is 3.86. The largest absolute Gasteiger partial charge is 0.206 e. The average molecular weight is 257 g/mol. The fourth-order valence-corrected chi connectivity index (χ4v) is 2.84. The SMILES string of the molecule is Fc1cccc(C2CCCCC2)c1Br. The lowest BCUT2D eigenvalue weighted by Crippen LogP contribution is -2.05. The van der Waals surface area contributed by atoms with Gasteiger partial charge in [-0.15, -0.1) is 0 Å². The first-order valence-electron chi connectivity index (χ1n) is 5.23. The van der Waals surface area contributed by atoms with E-state index in [2.05, 4.69) is 15.9 Å². The number of rotatable bonds is 1. The van der Waals surface area contributed by atoms with Gasteiger partial charge in [-0.05, 0) is 46.3 Å². The van der Waals surface area contributed by atoms with Crippen LogP contribution in [0.1, 0.15) is 43.6 Å². The van der Waals surface area contributed by atoms with E-state index >= 15 is 0 Å². The molecule has 0 atom stereocenters. The van der Waals surface area contributed by atoms with Crippen molar-refractivity contribution in [3.63, 3.8) is 0 Å². The van der Waals surface area contributed by atoms with Crippen LogP contribution in [0.25, 0.3) is 0 Å². The minimum atomic E-state index is -0.131. The van der Waals surface area contributed by atoms with Crippen LogP contribution in [-0.4, -0.2) is 0 Å². The zero-order valence-corrected chi connectivity index (χ0v) is 9.69. The molecular weight excluding hydrogens is 243 g/mol. The minimum absolute atomic E-state index is 0.131. The molecule has 0 bridgehead atoms. The molecule has 1 aliphatic rings.